The van der Waals surface area contributed by atoms with Crippen molar-refractivity contribution < 1.29 is 9.53 Å². The molecule has 0 aliphatic heterocycles. The van der Waals surface area contributed by atoms with Gasteiger partial charge in [-0.15, -0.1) is 0 Å². The number of esters is 1. The van der Waals surface area contributed by atoms with Gasteiger partial charge in [0.15, 0.2) is 0 Å². The summed E-state index contributed by atoms with van der Waals surface area (Å²) in [4.78, 5) is 11.0. The first-order chi connectivity index (χ1) is 5.69. The lowest BCUT2D eigenvalue weighted by molar-refractivity contribution is 0.0593. The Kier molecular flexibility index (Phi) is 2.76. The van der Waals surface area contributed by atoms with Crippen LogP contribution in [-0.4, -0.2) is 17.2 Å². The predicted molar refractivity (Wildman–Crippen MR) is 46.4 cm³/mol. The molecule has 0 aromatic carbocycles. The topological polar surface area (TPSA) is 31.2 Å². The fourth-order valence-electron chi connectivity index (χ4n) is 0.934. The van der Waals surface area contributed by atoms with Gasteiger partial charge >= 0.3 is 5.97 Å². The Labute approximate surface area is 76.0 Å². The molecule has 3 nitrogen and oxygen atoms in total. The Morgan fingerprint density at radius 3 is 2.83 bits per heavy atom. The molecule has 0 bridgehead atoms. The highest BCUT2D eigenvalue weighted by Gasteiger charge is 2.11. The monoisotopic (exact) mass is 187 g/mol. The zero-order valence-corrected chi connectivity index (χ0v) is 7.76. The van der Waals surface area contributed by atoms with E-state index in [2.05, 4.69) is 4.74 Å². The second-order valence-corrected chi connectivity index (χ2v) is 2.75. The van der Waals surface area contributed by atoms with Crippen molar-refractivity contribution in [3.63, 3.8) is 0 Å². The van der Waals surface area contributed by atoms with Gasteiger partial charge in [0, 0.05) is 18.0 Å². The number of carbonyl (C=O) groups is 1. The van der Waals surface area contributed by atoms with E-state index in [4.69, 9.17) is 11.8 Å². The van der Waals surface area contributed by atoms with Crippen LogP contribution in [0.3, 0.4) is 0 Å². The van der Waals surface area contributed by atoms with Gasteiger partial charge in [-0.25, -0.2) is 4.79 Å². The summed E-state index contributed by atoms with van der Waals surface area (Å²) in [5.74, 6) is -0.412. The summed E-state index contributed by atoms with van der Waals surface area (Å²) in [6, 6.07) is 1.72. The minimum atomic E-state index is -0.412. The SMILES string of the molecule is CCc1cc(C(=O)OC)n(Cl)c1. The molecule has 4 heteroatoms. The summed E-state index contributed by atoms with van der Waals surface area (Å²) in [5, 5.41) is 0. The Morgan fingerprint density at radius 2 is 2.42 bits per heavy atom. The Morgan fingerprint density at radius 1 is 1.75 bits per heavy atom. The molecular weight excluding hydrogens is 178 g/mol. The molecule has 0 spiro atoms. The van der Waals surface area contributed by atoms with Crippen LogP contribution in [0.25, 0.3) is 0 Å². The minimum absolute atomic E-state index is 0.371. The maximum atomic E-state index is 11.0. The van der Waals surface area contributed by atoms with E-state index in [-0.39, 0.29) is 0 Å². The third-order valence-electron chi connectivity index (χ3n) is 1.63. The molecule has 0 aliphatic carbocycles. The van der Waals surface area contributed by atoms with Crippen LogP contribution in [0.4, 0.5) is 0 Å². The molecule has 0 N–H and O–H groups in total. The average molecular weight is 188 g/mol. The number of methoxy groups -OCH3 is 1. The molecule has 1 heterocycles. The molecule has 0 saturated heterocycles. The van der Waals surface area contributed by atoms with Crippen LogP contribution >= 0.6 is 11.8 Å². The average Bonchev–Trinajstić information content (AvgIpc) is 2.45. The first kappa shape index (κ1) is 9.13. The Balaban J connectivity index is 2.99. The van der Waals surface area contributed by atoms with Gasteiger partial charge in [0.2, 0.25) is 0 Å². The number of rotatable bonds is 2. The van der Waals surface area contributed by atoms with Crippen molar-refractivity contribution >= 4 is 17.7 Å². The van der Waals surface area contributed by atoms with Gasteiger partial charge in [0.1, 0.15) is 5.69 Å². The van der Waals surface area contributed by atoms with E-state index in [0.29, 0.717) is 5.69 Å². The number of aromatic nitrogens is 1. The number of aryl methyl sites for hydroxylation is 1. The molecule has 0 amide bonds. The highest BCUT2D eigenvalue weighted by atomic mass is 35.5. The van der Waals surface area contributed by atoms with Gasteiger partial charge in [-0.1, -0.05) is 6.92 Å². The quantitative estimate of drug-likeness (QED) is 0.662. The second-order valence-electron chi connectivity index (χ2n) is 2.39. The molecule has 0 saturated carbocycles. The fourth-order valence-corrected chi connectivity index (χ4v) is 1.18. The van der Waals surface area contributed by atoms with E-state index in [9.17, 15) is 4.79 Å². The molecule has 1 rings (SSSR count). The highest BCUT2D eigenvalue weighted by Crippen LogP contribution is 2.11. The zero-order valence-electron chi connectivity index (χ0n) is 7.00. The first-order valence-electron chi connectivity index (χ1n) is 3.64. The summed E-state index contributed by atoms with van der Waals surface area (Å²) in [5.41, 5.74) is 1.39. The zero-order chi connectivity index (χ0) is 9.14. The lowest BCUT2D eigenvalue weighted by Gasteiger charge is -1.96. The van der Waals surface area contributed by atoms with Crippen molar-refractivity contribution in [3.05, 3.63) is 23.5 Å². The molecule has 0 atom stereocenters. The number of ether oxygens (including phenoxy) is 1. The first-order valence-corrected chi connectivity index (χ1v) is 3.98. The summed E-state index contributed by atoms with van der Waals surface area (Å²) in [6.45, 7) is 1.99. The van der Waals surface area contributed by atoms with Crippen molar-refractivity contribution in [2.24, 2.45) is 0 Å². The fraction of sp³-hybridized carbons (Fsp3) is 0.375. The van der Waals surface area contributed by atoms with Gasteiger partial charge in [0.25, 0.3) is 0 Å². The standard InChI is InChI=1S/C8H10ClNO2/c1-3-6-4-7(8(11)12-2)10(9)5-6/h4-5H,3H2,1-2H3. The van der Waals surface area contributed by atoms with Gasteiger partial charge in [-0.2, -0.15) is 0 Å². The van der Waals surface area contributed by atoms with E-state index in [1.54, 1.807) is 12.3 Å². The molecule has 0 fully saturated rings. The van der Waals surface area contributed by atoms with Crippen molar-refractivity contribution in [1.82, 2.24) is 4.09 Å². The number of hydrogen-bond acceptors (Lipinski definition) is 2. The summed E-state index contributed by atoms with van der Waals surface area (Å²) in [7, 11) is 1.33. The summed E-state index contributed by atoms with van der Waals surface area (Å²) < 4.78 is 5.79. The van der Waals surface area contributed by atoms with E-state index < -0.39 is 5.97 Å². The number of nitrogens with zero attached hydrogens (tertiary/aromatic N) is 1. The Hall–Kier alpha value is -0.960. The van der Waals surface area contributed by atoms with Gasteiger partial charge < -0.3 is 4.74 Å². The predicted octanol–water partition coefficient (Wildman–Crippen LogP) is 1.84. The largest absolute Gasteiger partial charge is 0.464 e. The van der Waals surface area contributed by atoms with Crippen LogP contribution in [-0.2, 0) is 11.2 Å². The van der Waals surface area contributed by atoms with Gasteiger partial charge in [0.05, 0.1) is 7.11 Å². The van der Waals surface area contributed by atoms with Crippen molar-refractivity contribution in [2.45, 2.75) is 13.3 Å². The van der Waals surface area contributed by atoms with Crippen molar-refractivity contribution in [3.8, 4) is 0 Å². The molecular formula is C8H10ClNO2. The lowest BCUT2D eigenvalue weighted by atomic mass is 10.2. The van der Waals surface area contributed by atoms with E-state index in [1.165, 1.54) is 11.2 Å². The van der Waals surface area contributed by atoms with Gasteiger partial charge in [-0.3, -0.25) is 4.09 Å². The smallest absolute Gasteiger partial charge is 0.356 e. The van der Waals surface area contributed by atoms with Crippen LogP contribution in [0, 0.1) is 0 Å². The van der Waals surface area contributed by atoms with Crippen molar-refractivity contribution in [2.75, 3.05) is 7.11 Å². The summed E-state index contributed by atoms with van der Waals surface area (Å²) in [6.07, 6.45) is 2.55. The Bertz CT molecular complexity index is 293. The van der Waals surface area contributed by atoms with E-state index in [1.807, 2.05) is 6.92 Å². The van der Waals surface area contributed by atoms with Gasteiger partial charge in [-0.05, 0) is 18.1 Å². The normalized spacial score (nSPS) is 9.92. The summed E-state index contributed by atoms with van der Waals surface area (Å²) >= 11 is 5.71. The van der Waals surface area contributed by atoms with Crippen LogP contribution in [0.2, 0.25) is 0 Å². The molecule has 0 aliphatic rings. The highest BCUT2D eigenvalue weighted by molar-refractivity contribution is 6.17. The van der Waals surface area contributed by atoms with Crippen molar-refractivity contribution in [1.29, 1.82) is 0 Å². The lowest BCUT2D eigenvalue weighted by Crippen LogP contribution is -2.03. The minimum Gasteiger partial charge on any atom is -0.464 e. The molecule has 1 aromatic heterocycles. The van der Waals surface area contributed by atoms with Crippen LogP contribution in [0.5, 0.6) is 0 Å². The van der Waals surface area contributed by atoms with Crippen LogP contribution in [0.1, 0.15) is 23.0 Å². The molecule has 1 aromatic rings. The number of carbonyl (C=O) groups excluding carboxylic acids is 1. The maximum Gasteiger partial charge on any atom is 0.356 e. The maximum absolute atomic E-state index is 11.0. The molecule has 0 radical (unpaired) electrons. The molecule has 0 unspecified atom stereocenters. The second kappa shape index (κ2) is 3.63. The third-order valence-corrected chi connectivity index (χ3v) is 1.91. The van der Waals surface area contributed by atoms with Crippen LogP contribution < -0.4 is 0 Å². The van der Waals surface area contributed by atoms with E-state index >= 15 is 0 Å². The number of hydrogen-bond donors (Lipinski definition) is 0. The third kappa shape index (κ3) is 1.61. The van der Waals surface area contributed by atoms with Crippen LogP contribution in [0.15, 0.2) is 12.3 Å². The number of halogens is 1. The molecule has 66 valence electrons. The molecule has 12 heavy (non-hydrogen) atoms. The van der Waals surface area contributed by atoms with E-state index in [0.717, 1.165) is 12.0 Å².